The summed E-state index contributed by atoms with van der Waals surface area (Å²) < 4.78 is 0. The standard InChI is InChI=1S/C11H24N2O/c1-5-9(6-2)10(14)13-8-11(3,4)7-12/h9H,5-8,12H2,1-4H3,(H,13,14). The Bertz CT molecular complexity index is 174. The number of carbonyl (C=O) groups excluding carboxylic acids is 1. The van der Waals surface area contributed by atoms with E-state index in [1.165, 1.54) is 0 Å². The number of amides is 1. The van der Waals surface area contributed by atoms with E-state index in [9.17, 15) is 4.79 Å². The van der Waals surface area contributed by atoms with Crippen molar-refractivity contribution in [1.82, 2.24) is 5.32 Å². The molecule has 0 aliphatic carbocycles. The molecule has 0 saturated carbocycles. The Labute approximate surface area is 87.4 Å². The molecule has 0 unspecified atom stereocenters. The van der Waals surface area contributed by atoms with E-state index in [0.29, 0.717) is 13.1 Å². The quantitative estimate of drug-likeness (QED) is 0.683. The summed E-state index contributed by atoms with van der Waals surface area (Å²) in [5.41, 5.74) is 5.58. The molecule has 0 fully saturated rings. The van der Waals surface area contributed by atoms with Crippen LogP contribution < -0.4 is 11.1 Å². The van der Waals surface area contributed by atoms with Crippen LogP contribution in [0.25, 0.3) is 0 Å². The average molecular weight is 200 g/mol. The van der Waals surface area contributed by atoms with E-state index in [2.05, 4.69) is 19.2 Å². The second-order valence-corrected chi connectivity index (χ2v) is 4.60. The van der Waals surface area contributed by atoms with Crippen LogP contribution >= 0.6 is 0 Å². The Morgan fingerprint density at radius 3 is 2.21 bits per heavy atom. The summed E-state index contributed by atoms with van der Waals surface area (Å²) in [6, 6.07) is 0. The molecule has 0 bridgehead atoms. The van der Waals surface area contributed by atoms with Gasteiger partial charge in [0.25, 0.3) is 0 Å². The first-order valence-electron chi connectivity index (χ1n) is 5.44. The Kier molecular flexibility index (Phi) is 5.77. The molecule has 0 aliphatic rings. The summed E-state index contributed by atoms with van der Waals surface area (Å²) in [6.45, 7) is 9.46. The van der Waals surface area contributed by atoms with Crippen molar-refractivity contribution in [1.29, 1.82) is 0 Å². The van der Waals surface area contributed by atoms with Gasteiger partial charge in [0.2, 0.25) is 5.91 Å². The average Bonchev–Trinajstić information content (AvgIpc) is 2.17. The van der Waals surface area contributed by atoms with E-state index in [4.69, 9.17) is 5.73 Å². The fourth-order valence-electron chi connectivity index (χ4n) is 1.20. The van der Waals surface area contributed by atoms with Gasteiger partial charge in [0.05, 0.1) is 0 Å². The van der Waals surface area contributed by atoms with E-state index in [-0.39, 0.29) is 17.2 Å². The molecule has 3 heteroatoms. The molecule has 0 saturated heterocycles. The number of hydrogen-bond acceptors (Lipinski definition) is 2. The Balaban J connectivity index is 3.95. The summed E-state index contributed by atoms with van der Waals surface area (Å²) in [4.78, 5) is 11.6. The maximum atomic E-state index is 11.6. The summed E-state index contributed by atoms with van der Waals surface area (Å²) in [5.74, 6) is 0.320. The molecular weight excluding hydrogens is 176 g/mol. The lowest BCUT2D eigenvalue weighted by molar-refractivity contribution is -0.125. The lowest BCUT2D eigenvalue weighted by Crippen LogP contribution is -2.40. The van der Waals surface area contributed by atoms with Crippen molar-refractivity contribution in [3.63, 3.8) is 0 Å². The maximum Gasteiger partial charge on any atom is 0.223 e. The third-order valence-electron chi connectivity index (χ3n) is 2.65. The number of nitrogens with two attached hydrogens (primary N) is 1. The molecule has 0 aliphatic heterocycles. The van der Waals surface area contributed by atoms with Crippen LogP contribution in [0.1, 0.15) is 40.5 Å². The zero-order valence-corrected chi connectivity index (χ0v) is 9.89. The van der Waals surface area contributed by atoms with Crippen LogP contribution in [-0.4, -0.2) is 19.0 Å². The van der Waals surface area contributed by atoms with Crippen molar-refractivity contribution in [3.8, 4) is 0 Å². The van der Waals surface area contributed by atoms with Gasteiger partial charge in [-0.3, -0.25) is 4.79 Å². The van der Waals surface area contributed by atoms with E-state index in [1.807, 2.05) is 13.8 Å². The molecule has 3 N–H and O–H groups in total. The highest BCUT2D eigenvalue weighted by Crippen LogP contribution is 2.12. The predicted octanol–water partition coefficient (Wildman–Crippen LogP) is 1.52. The van der Waals surface area contributed by atoms with Gasteiger partial charge < -0.3 is 11.1 Å². The van der Waals surface area contributed by atoms with Gasteiger partial charge in [-0.1, -0.05) is 27.7 Å². The van der Waals surface area contributed by atoms with Gasteiger partial charge >= 0.3 is 0 Å². The van der Waals surface area contributed by atoms with Crippen LogP contribution in [0.4, 0.5) is 0 Å². The van der Waals surface area contributed by atoms with Gasteiger partial charge in [0, 0.05) is 12.5 Å². The van der Waals surface area contributed by atoms with Crippen molar-refractivity contribution in [2.75, 3.05) is 13.1 Å². The molecule has 0 aromatic carbocycles. The van der Waals surface area contributed by atoms with Crippen molar-refractivity contribution in [3.05, 3.63) is 0 Å². The van der Waals surface area contributed by atoms with Crippen LogP contribution in [0.3, 0.4) is 0 Å². The summed E-state index contributed by atoms with van der Waals surface area (Å²) in [7, 11) is 0. The van der Waals surface area contributed by atoms with Crippen molar-refractivity contribution < 1.29 is 4.79 Å². The van der Waals surface area contributed by atoms with E-state index >= 15 is 0 Å². The zero-order valence-electron chi connectivity index (χ0n) is 9.89. The minimum atomic E-state index is 0.00168. The summed E-state index contributed by atoms with van der Waals surface area (Å²) >= 11 is 0. The van der Waals surface area contributed by atoms with Crippen LogP contribution in [0, 0.1) is 11.3 Å². The third kappa shape index (κ3) is 4.61. The Morgan fingerprint density at radius 1 is 1.36 bits per heavy atom. The SMILES string of the molecule is CCC(CC)C(=O)NCC(C)(C)CN. The molecule has 0 heterocycles. The van der Waals surface area contributed by atoms with Crippen LogP contribution in [0.2, 0.25) is 0 Å². The van der Waals surface area contributed by atoms with Crippen LogP contribution in [0.5, 0.6) is 0 Å². The summed E-state index contributed by atoms with van der Waals surface area (Å²) in [5, 5.41) is 2.96. The van der Waals surface area contributed by atoms with Crippen molar-refractivity contribution in [2.45, 2.75) is 40.5 Å². The molecule has 84 valence electrons. The molecule has 14 heavy (non-hydrogen) atoms. The molecule has 0 aromatic rings. The number of hydrogen-bond donors (Lipinski definition) is 2. The second kappa shape index (κ2) is 6.02. The first-order chi connectivity index (χ1) is 6.46. The van der Waals surface area contributed by atoms with Crippen molar-refractivity contribution >= 4 is 5.91 Å². The Morgan fingerprint density at radius 2 is 1.86 bits per heavy atom. The van der Waals surface area contributed by atoms with Crippen molar-refractivity contribution in [2.24, 2.45) is 17.1 Å². The maximum absolute atomic E-state index is 11.6. The van der Waals surface area contributed by atoms with Gasteiger partial charge in [0.15, 0.2) is 0 Å². The summed E-state index contributed by atoms with van der Waals surface area (Å²) in [6.07, 6.45) is 1.82. The molecule has 0 rings (SSSR count). The highest BCUT2D eigenvalue weighted by Gasteiger charge is 2.19. The third-order valence-corrected chi connectivity index (χ3v) is 2.65. The molecule has 3 nitrogen and oxygen atoms in total. The highest BCUT2D eigenvalue weighted by atomic mass is 16.1. The molecular formula is C11H24N2O. The Hall–Kier alpha value is -0.570. The second-order valence-electron chi connectivity index (χ2n) is 4.60. The number of rotatable bonds is 6. The fraction of sp³-hybridized carbons (Fsp3) is 0.909. The number of carbonyl (C=O) groups is 1. The zero-order chi connectivity index (χ0) is 11.2. The van der Waals surface area contributed by atoms with Gasteiger partial charge in [-0.05, 0) is 24.8 Å². The van der Waals surface area contributed by atoms with E-state index in [1.54, 1.807) is 0 Å². The lowest BCUT2D eigenvalue weighted by Gasteiger charge is -2.24. The molecule has 0 aromatic heterocycles. The minimum Gasteiger partial charge on any atom is -0.355 e. The van der Waals surface area contributed by atoms with E-state index < -0.39 is 0 Å². The molecule has 1 amide bonds. The number of nitrogens with one attached hydrogen (secondary N) is 1. The topological polar surface area (TPSA) is 55.1 Å². The fourth-order valence-corrected chi connectivity index (χ4v) is 1.20. The van der Waals surface area contributed by atoms with Gasteiger partial charge in [-0.25, -0.2) is 0 Å². The lowest BCUT2D eigenvalue weighted by atomic mass is 9.93. The van der Waals surface area contributed by atoms with Crippen LogP contribution in [0.15, 0.2) is 0 Å². The van der Waals surface area contributed by atoms with E-state index in [0.717, 1.165) is 12.8 Å². The highest BCUT2D eigenvalue weighted by molar-refractivity contribution is 5.78. The predicted molar refractivity (Wildman–Crippen MR) is 59.9 cm³/mol. The largest absolute Gasteiger partial charge is 0.355 e. The monoisotopic (exact) mass is 200 g/mol. The van der Waals surface area contributed by atoms with Gasteiger partial charge in [-0.15, -0.1) is 0 Å². The first-order valence-corrected chi connectivity index (χ1v) is 5.44. The smallest absolute Gasteiger partial charge is 0.223 e. The first kappa shape index (κ1) is 13.4. The van der Waals surface area contributed by atoms with Gasteiger partial charge in [0.1, 0.15) is 0 Å². The molecule has 0 radical (unpaired) electrons. The van der Waals surface area contributed by atoms with Gasteiger partial charge in [-0.2, -0.15) is 0 Å². The molecule has 0 spiro atoms. The molecule has 0 atom stereocenters. The minimum absolute atomic E-state index is 0.00168. The van der Waals surface area contributed by atoms with Crippen LogP contribution in [-0.2, 0) is 4.79 Å². The normalized spacial score (nSPS) is 11.9.